The molecule has 1 N–H and O–H groups in total. The van der Waals surface area contributed by atoms with Gasteiger partial charge < -0.3 is 9.25 Å². The zero-order valence-corrected chi connectivity index (χ0v) is 11.8. The van der Waals surface area contributed by atoms with Gasteiger partial charge >= 0.3 is 11.7 Å². The van der Waals surface area contributed by atoms with E-state index in [9.17, 15) is 19.2 Å². The van der Waals surface area contributed by atoms with E-state index in [1.54, 1.807) is 12.1 Å². The molecule has 0 bridgehead atoms. The Labute approximate surface area is 132 Å². The molecular weight excluding hydrogens is 318 g/mol. The first-order valence-corrected chi connectivity index (χ1v) is 6.74. The topological polar surface area (TPSA) is 123 Å². The third kappa shape index (κ3) is 1.99. The Kier molecular flexibility index (Phi) is 2.82. The molecule has 0 atom stereocenters. The van der Waals surface area contributed by atoms with E-state index in [0.29, 0.717) is 5.06 Å². The molecule has 3 aromatic rings. The second-order valence-corrected chi connectivity index (χ2v) is 4.89. The number of H-pyrrole nitrogens is 1. The number of amides is 2. The van der Waals surface area contributed by atoms with Gasteiger partial charge in [-0.2, -0.15) is 0 Å². The van der Waals surface area contributed by atoms with Gasteiger partial charge in [0.15, 0.2) is 16.9 Å². The molecule has 118 valence electrons. The molecule has 2 amide bonds. The first-order valence-electron chi connectivity index (χ1n) is 6.74. The molecule has 4 rings (SSSR count). The maximum absolute atomic E-state index is 12.1. The average Bonchev–Trinajstić information content (AvgIpc) is 3.07. The predicted molar refractivity (Wildman–Crippen MR) is 77.0 cm³/mol. The number of benzene rings is 1. The highest BCUT2D eigenvalue weighted by Gasteiger charge is 2.39. The largest absolute Gasteiger partial charge is 0.418 e. The van der Waals surface area contributed by atoms with Crippen LogP contribution in [0, 0.1) is 0 Å². The molecule has 9 heteroatoms. The molecule has 9 nitrogen and oxygen atoms in total. The highest BCUT2D eigenvalue weighted by Crippen LogP contribution is 2.23. The first-order chi connectivity index (χ1) is 11.5. The number of nitrogens with one attached hydrogen (secondary N) is 1. The van der Waals surface area contributed by atoms with Gasteiger partial charge in [0.05, 0.1) is 11.1 Å². The van der Waals surface area contributed by atoms with Crippen molar-refractivity contribution in [3.05, 3.63) is 63.8 Å². The highest BCUT2D eigenvalue weighted by molar-refractivity contribution is 6.21. The lowest BCUT2D eigenvalue weighted by atomic mass is 10.1. The van der Waals surface area contributed by atoms with Gasteiger partial charge in [0.25, 0.3) is 11.8 Å². The lowest BCUT2D eigenvalue weighted by molar-refractivity contribution is -0.0588. The number of carbonyl (C=O) groups excluding carboxylic acids is 3. The van der Waals surface area contributed by atoms with Gasteiger partial charge in [-0.1, -0.05) is 17.2 Å². The quantitative estimate of drug-likeness (QED) is 0.694. The number of hydrogen-bond acceptors (Lipinski definition) is 7. The molecule has 1 aliphatic rings. The fourth-order valence-electron chi connectivity index (χ4n) is 2.33. The highest BCUT2D eigenvalue weighted by atomic mass is 16.7. The Hall–Kier alpha value is -3.75. The van der Waals surface area contributed by atoms with Crippen LogP contribution in [0.2, 0.25) is 0 Å². The number of nitrogens with zero attached hydrogens (tertiary/aromatic N) is 2. The van der Waals surface area contributed by atoms with Gasteiger partial charge in [0.1, 0.15) is 0 Å². The minimum atomic E-state index is -1.02. The molecule has 1 aliphatic heterocycles. The number of hydrogen-bond donors (Lipinski definition) is 1. The zero-order valence-electron chi connectivity index (χ0n) is 11.8. The Bertz CT molecular complexity index is 1050. The summed E-state index contributed by atoms with van der Waals surface area (Å²) in [7, 11) is 0. The molecule has 1 aromatic carbocycles. The molecule has 0 radical (unpaired) electrons. The SMILES string of the molecule is O=C(ON1C(=O)c2ccccc2C1=O)c1ccc2oc(=O)[nH]c2n1. The van der Waals surface area contributed by atoms with Gasteiger partial charge in [-0.15, -0.1) is 0 Å². The zero-order chi connectivity index (χ0) is 16.8. The Morgan fingerprint density at radius 1 is 1.04 bits per heavy atom. The fourth-order valence-corrected chi connectivity index (χ4v) is 2.33. The van der Waals surface area contributed by atoms with Crippen molar-refractivity contribution in [2.75, 3.05) is 0 Å². The normalized spacial score (nSPS) is 13.4. The van der Waals surface area contributed by atoms with Crippen LogP contribution in [-0.4, -0.2) is 32.8 Å². The van der Waals surface area contributed by atoms with Crippen molar-refractivity contribution in [3.8, 4) is 0 Å². The summed E-state index contributed by atoms with van der Waals surface area (Å²) >= 11 is 0. The smallest absolute Gasteiger partial charge is 0.406 e. The number of aromatic nitrogens is 2. The van der Waals surface area contributed by atoms with Crippen molar-refractivity contribution in [2.45, 2.75) is 0 Å². The minimum absolute atomic E-state index is 0.0526. The number of fused-ring (bicyclic) bond motifs is 2. The summed E-state index contributed by atoms with van der Waals surface area (Å²) in [6.07, 6.45) is 0. The van der Waals surface area contributed by atoms with E-state index in [0.717, 1.165) is 0 Å². The lowest BCUT2D eigenvalue weighted by Crippen LogP contribution is -2.32. The third-order valence-electron chi connectivity index (χ3n) is 3.42. The molecule has 0 unspecified atom stereocenters. The number of pyridine rings is 1. The van der Waals surface area contributed by atoms with Crippen LogP contribution >= 0.6 is 0 Å². The van der Waals surface area contributed by atoms with Crippen LogP contribution in [0.1, 0.15) is 31.2 Å². The van der Waals surface area contributed by atoms with E-state index in [2.05, 4.69) is 9.97 Å². The van der Waals surface area contributed by atoms with Crippen molar-refractivity contribution in [1.82, 2.24) is 15.0 Å². The second kappa shape index (κ2) is 4.88. The number of aromatic amines is 1. The fraction of sp³-hybridized carbons (Fsp3) is 0. The summed E-state index contributed by atoms with van der Waals surface area (Å²) in [5, 5.41) is 0.386. The average molecular weight is 325 g/mol. The summed E-state index contributed by atoms with van der Waals surface area (Å²) in [4.78, 5) is 58.5. The van der Waals surface area contributed by atoms with Crippen LogP contribution in [0.3, 0.4) is 0 Å². The van der Waals surface area contributed by atoms with Gasteiger partial charge in [0.2, 0.25) is 0 Å². The van der Waals surface area contributed by atoms with E-state index < -0.39 is 23.5 Å². The lowest BCUT2D eigenvalue weighted by Gasteiger charge is -2.12. The molecule has 0 spiro atoms. The Morgan fingerprint density at radius 3 is 2.38 bits per heavy atom. The van der Waals surface area contributed by atoms with Crippen molar-refractivity contribution in [3.63, 3.8) is 0 Å². The molecule has 2 aromatic heterocycles. The molecule has 0 saturated heterocycles. The van der Waals surface area contributed by atoms with Crippen molar-refractivity contribution < 1.29 is 23.6 Å². The third-order valence-corrected chi connectivity index (χ3v) is 3.42. The summed E-state index contributed by atoms with van der Waals surface area (Å²) in [6.45, 7) is 0. The number of hydroxylamine groups is 2. The molecule has 0 fully saturated rings. The van der Waals surface area contributed by atoms with Gasteiger partial charge in [0, 0.05) is 0 Å². The molecule has 0 aliphatic carbocycles. The summed E-state index contributed by atoms with van der Waals surface area (Å²) < 4.78 is 4.77. The van der Waals surface area contributed by atoms with Crippen LogP contribution in [0.4, 0.5) is 0 Å². The van der Waals surface area contributed by atoms with E-state index in [-0.39, 0.29) is 28.1 Å². The standard InChI is InChI=1S/C15H7N3O6/c19-12-7-3-1-2-4-8(7)13(20)18(12)24-14(21)9-5-6-10-11(16-9)17-15(22)23-10/h1-6H,(H,16,17,22). The van der Waals surface area contributed by atoms with Crippen LogP contribution in [0.25, 0.3) is 11.2 Å². The molecule has 3 heterocycles. The predicted octanol–water partition coefficient (Wildman–Crippen LogP) is 0.884. The molecule has 0 saturated carbocycles. The van der Waals surface area contributed by atoms with E-state index in [1.807, 2.05) is 0 Å². The number of imide groups is 1. The van der Waals surface area contributed by atoms with Gasteiger partial charge in [-0.3, -0.25) is 14.6 Å². The monoisotopic (exact) mass is 325 g/mol. The van der Waals surface area contributed by atoms with Crippen LogP contribution in [0.15, 0.2) is 45.6 Å². The van der Waals surface area contributed by atoms with Crippen molar-refractivity contribution >= 4 is 29.0 Å². The Balaban J connectivity index is 1.63. The van der Waals surface area contributed by atoms with E-state index in [4.69, 9.17) is 9.25 Å². The van der Waals surface area contributed by atoms with E-state index in [1.165, 1.54) is 24.3 Å². The summed E-state index contributed by atoms with van der Waals surface area (Å²) in [5.41, 5.74) is 0.320. The number of rotatable bonds is 2. The van der Waals surface area contributed by atoms with Gasteiger partial charge in [-0.05, 0) is 24.3 Å². The van der Waals surface area contributed by atoms with Gasteiger partial charge in [-0.25, -0.2) is 14.6 Å². The van der Waals surface area contributed by atoms with Crippen molar-refractivity contribution in [2.24, 2.45) is 0 Å². The van der Waals surface area contributed by atoms with Crippen molar-refractivity contribution in [1.29, 1.82) is 0 Å². The summed E-state index contributed by atoms with van der Waals surface area (Å²) in [5.74, 6) is -3.21. The number of oxazole rings is 1. The number of carbonyl (C=O) groups is 3. The maximum Gasteiger partial charge on any atom is 0.418 e. The molecule has 24 heavy (non-hydrogen) atoms. The van der Waals surface area contributed by atoms with Crippen LogP contribution in [-0.2, 0) is 4.84 Å². The Morgan fingerprint density at radius 2 is 1.71 bits per heavy atom. The van der Waals surface area contributed by atoms with E-state index >= 15 is 0 Å². The maximum atomic E-state index is 12.1. The summed E-state index contributed by atoms with van der Waals surface area (Å²) in [6, 6.07) is 8.72. The first kappa shape index (κ1) is 13.9. The van der Waals surface area contributed by atoms with Crippen LogP contribution < -0.4 is 5.76 Å². The van der Waals surface area contributed by atoms with Crippen LogP contribution in [0.5, 0.6) is 0 Å². The molecular formula is C15H7N3O6. The second-order valence-electron chi connectivity index (χ2n) is 4.89. The minimum Gasteiger partial charge on any atom is -0.406 e.